The number of likely N-dealkylation sites (tertiary alicyclic amines) is 1. The Balaban J connectivity index is 1.78. The molecular weight excluding hydrogens is 276 g/mol. The second-order valence-electron chi connectivity index (χ2n) is 5.41. The number of amides is 1. The molecule has 2 fully saturated rings. The summed E-state index contributed by atoms with van der Waals surface area (Å²) in [6.45, 7) is 2.44. The number of carbonyl (C=O) groups excluding carboxylic acids is 1. The molecule has 2 N–H and O–H groups in total. The summed E-state index contributed by atoms with van der Waals surface area (Å²) in [7, 11) is 1.84. The van der Waals surface area contributed by atoms with Crippen molar-refractivity contribution in [2.24, 2.45) is 5.92 Å². The summed E-state index contributed by atoms with van der Waals surface area (Å²) in [6, 6.07) is 4.02. The molecule has 0 aliphatic carbocycles. The fraction of sp³-hybridized carbons (Fsp3) is 0.571. The number of rotatable bonds is 3. The third-order valence-electron chi connectivity index (χ3n) is 4.24. The average molecular weight is 295 g/mol. The molecular formula is C14H19ClN4O. The lowest BCUT2D eigenvalue weighted by Crippen LogP contribution is -2.45. The van der Waals surface area contributed by atoms with Gasteiger partial charge in [0, 0.05) is 26.2 Å². The van der Waals surface area contributed by atoms with Crippen molar-refractivity contribution < 1.29 is 4.79 Å². The lowest BCUT2D eigenvalue weighted by Gasteiger charge is -2.35. The van der Waals surface area contributed by atoms with Crippen LogP contribution < -0.4 is 10.6 Å². The van der Waals surface area contributed by atoms with Crippen LogP contribution >= 0.6 is 11.6 Å². The molecule has 2 saturated heterocycles. The topological polar surface area (TPSA) is 57.3 Å². The van der Waals surface area contributed by atoms with Gasteiger partial charge in [-0.25, -0.2) is 4.98 Å². The van der Waals surface area contributed by atoms with Crippen molar-refractivity contribution in [3.63, 3.8) is 0 Å². The van der Waals surface area contributed by atoms with Gasteiger partial charge in [0.2, 0.25) is 5.91 Å². The summed E-state index contributed by atoms with van der Waals surface area (Å²) >= 11 is 6.24. The van der Waals surface area contributed by atoms with E-state index in [1.54, 1.807) is 0 Å². The second-order valence-corrected chi connectivity index (χ2v) is 5.81. The van der Waals surface area contributed by atoms with Gasteiger partial charge in [-0.1, -0.05) is 11.6 Å². The van der Waals surface area contributed by atoms with Crippen LogP contribution in [0.3, 0.4) is 0 Å². The summed E-state index contributed by atoms with van der Waals surface area (Å²) in [5.41, 5.74) is 0.874. The summed E-state index contributed by atoms with van der Waals surface area (Å²) in [4.78, 5) is 18.6. The minimum absolute atomic E-state index is 0.134. The molecule has 1 aromatic rings. The Morgan fingerprint density at radius 1 is 1.55 bits per heavy atom. The number of piperidine rings is 1. The van der Waals surface area contributed by atoms with E-state index in [2.05, 4.69) is 20.5 Å². The zero-order chi connectivity index (χ0) is 14.1. The Labute approximate surface area is 123 Å². The van der Waals surface area contributed by atoms with Crippen molar-refractivity contribution in [3.05, 3.63) is 22.8 Å². The highest BCUT2D eigenvalue weighted by Gasteiger charge is 2.40. The first-order chi connectivity index (χ1) is 9.69. The van der Waals surface area contributed by atoms with Crippen LogP contribution in [0.15, 0.2) is 12.1 Å². The predicted octanol–water partition coefficient (Wildman–Crippen LogP) is 1.49. The van der Waals surface area contributed by atoms with E-state index in [-0.39, 0.29) is 17.9 Å². The summed E-state index contributed by atoms with van der Waals surface area (Å²) < 4.78 is 0. The minimum atomic E-state index is 0.134. The molecule has 0 radical (unpaired) electrons. The predicted molar refractivity (Wildman–Crippen MR) is 78.7 cm³/mol. The van der Waals surface area contributed by atoms with E-state index in [0.29, 0.717) is 11.6 Å². The van der Waals surface area contributed by atoms with Crippen molar-refractivity contribution in [3.8, 4) is 0 Å². The third kappa shape index (κ3) is 2.47. The molecule has 5 nitrogen and oxygen atoms in total. The number of carbonyl (C=O) groups is 1. The smallest absolute Gasteiger partial charge is 0.224 e. The fourth-order valence-corrected chi connectivity index (χ4v) is 3.33. The van der Waals surface area contributed by atoms with E-state index in [4.69, 9.17) is 11.6 Å². The minimum Gasteiger partial charge on any atom is -0.373 e. The van der Waals surface area contributed by atoms with Crippen LogP contribution in [0.4, 0.5) is 5.82 Å². The number of fused-ring (bicyclic) bond motifs is 1. The highest BCUT2D eigenvalue weighted by molar-refractivity contribution is 6.31. The zero-order valence-corrected chi connectivity index (χ0v) is 12.3. The molecule has 0 aromatic carbocycles. The molecule has 1 amide bonds. The Morgan fingerprint density at radius 2 is 2.40 bits per heavy atom. The monoisotopic (exact) mass is 294 g/mol. The lowest BCUT2D eigenvalue weighted by atomic mass is 9.91. The Hall–Kier alpha value is -1.33. The molecule has 108 valence electrons. The molecule has 3 heterocycles. The number of nitrogens with zero attached hydrogens (tertiary/aromatic N) is 2. The maximum Gasteiger partial charge on any atom is 0.224 e. The molecule has 20 heavy (non-hydrogen) atoms. The van der Waals surface area contributed by atoms with Crippen LogP contribution in [0.1, 0.15) is 18.5 Å². The third-order valence-corrected chi connectivity index (χ3v) is 4.59. The first kappa shape index (κ1) is 13.6. The van der Waals surface area contributed by atoms with Crippen molar-refractivity contribution >= 4 is 23.3 Å². The lowest BCUT2D eigenvalue weighted by molar-refractivity contribution is -0.124. The average Bonchev–Trinajstić information content (AvgIpc) is 2.84. The van der Waals surface area contributed by atoms with Gasteiger partial charge in [-0.3, -0.25) is 9.69 Å². The number of pyridine rings is 1. The van der Waals surface area contributed by atoms with Crippen LogP contribution in [-0.2, 0) is 11.3 Å². The van der Waals surface area contributed by atoms with Crippen molar-refractivity contribution in [2.45, 2.75) is 25.4 Å². The number of halogens is 1. The van der Waals surface area contributed by atoms with Gasteiger partial charge in [0.25, 0.3) is 0 Å². The molecule has 0 bridgehead atoms. The van der Waals surface area contributed by atoms with Gasteiger partial charge in [0.05, 0.1) is 16.6 Å². The molecule has 2 aliphatic heterocycles. The normalized spacial score (nSPS) is 26.2. The van der Waals surface area contributed by atoms with E-state index in [9.17, 15) is 4.79 Å². The number of hydrogen-bond acceptors (Lipinski definition) is 4. The van der Waals surface area contributed by atoms with Gasteiger partial charge in [0.1, 0.15) is 5.82 Å². The van der Waals surface area contributed by atoms with E-state index < -0.39 is 0 Å². The Bertz CT molecular complexity index is 522. The summed E-state index contributed by atoms with van der Waals surface area (Å²) in [5, 5.41) is 6.68. The zero-order valence-electron chi connectivity index (χ0n) is 11.5. The molecule has 2 aliphatic rings. The Morgan fingerprint density at radius 3 is 3.20 bits per heavy atom. The Kier molecular flexibility index (Phi) is 3.81. The van der Waals surface area contributed by atoms with Gasteiger partial charge < -0.3 is 10.6 Å². The maximum atomic E-state index is 11.8. The molecule has 1 aromatic heterocycles. The molecule has 0 saturated carbocycles. The quantitative estimate of drug-likeness (QED) is 0.887. The van der Waals surface area contributed by atoms with Gasteiger partial charge in [-0.15, -0.1) is 0 Å². The second kappa shape index (κ2) is 5.58. The van der Waals surface area contributed by atoms with E-state index in [0.717, 1.165) is 37.4 Å². The van der Waals surface area contributed by atoms with Gasteiger partial charge >= 0.3 is 0 Å². The molecule has 6 heteroatoms. The van der Waals surface area contributed by atoms with Crippen LogP contribution in [-0.4, -0.2) is 42.0 Å². The van der Waals surface area contributed by atoms with Gasteiger partial charge in [-0.2, -0.15) is 0 Å². The number of aromatic nitrogens is 1. The highest BCUT2D eigenvalue weighted by Crippen LogP contribution is 2.29. The first-order valence-electron chi connectivity index (χ1n) is 7.04. The van der Waals surface area contributed by atoms with E-state index in [1.807, 2.05) is 19.2 Å². The van der Waals surface area contributed by atoms with Crippen LogP contribution in [0, 0.1) is 5.92 Å². The van der Waals surface area contributed by atoms with Gasteiger partial charge in [0.15, 0.2) is 0 Å². The van der Waals surface area contributed by atoms with Crippen LogP contribution in [0.2, 0.25) is 5.02 Å². The van der Waals surface area contributed by atoms with Crippen molar-refractivity contribution in [1.82, 2.24) is 15.2 Å². The number of nitrogens with one attached hydrogen (secondary N) is 2. The highest BCUT2D eigenvalue weighted by atomic mass is 35.5. The molecule has 0 spiro atoms. The maximum absolute atomic E-state index is 11.8. The van der Waals surface area contributed by atoms with Crippen LogP contribution in [0.25, 0.3) is 0 Å². The molecule has 3 rings (SSSR count). The van der Waals surface area contributed by atoms with Crippen molar-refractivity contribution in [1.29, 1.82) is 0 Å². The first-order valence-corrected chi connectivity index (χ1v) is 7.42. The molecule has 2 unspecified atom stereocenters. The largest absolute Gasteiger partial charge is 0.373 e. The fourth-order valence-electron chi connectivity index (χ4n) is 3.16. The SMILES string of the molecule is CNc1ccc(Cl)c(CN2CCCC3C(=O)NCC32)n1. The number of hydrogen-bond donors (Lipinski definition) is 2. The van der Waals surface area contributed by atoms with E-state index in [1.165, 1.54) is 0 Å². The molecule has 2 atom stereocenters. The summed E-state index contributed by atoms with van der Waals surface area (Å²) in [6.07, 6.45) is 2.04. The van der Waals surface area contributed by atoms with Gasteiger partial charge in [-0.05, 0) is 31.5 Å². The standard InChI is InChI=1S/C14H19ClN4O/c1-16-13-5-4-10(15)11(18-13)8-19-6-2-3-9-12(19)7-17-14(9)20/h4-5,9,12H,2-3,6-8H2,1H3,(H,16,18)(H,17,20). The summed E-state index contributed by atoms with van der Waals surface area (Å²) in [5.74, 6) is 1.15. The van der Waals surface area contributed by atoms with E-state index >= 15 is 0 Å². The van der Waals surface area contributed by atoms with Crippen LogP contribution in [0.5, 0.6) is 0 Å². The van der Waals surface area contributed by atoms with Crippen molar-refractivity contribution in [2.75, 3.05) is 25.5 Å². The number of anilines is 1.